The summed E-state index contributed by atoms with van der Waals surface area (Å²) in [6.45, 7) is 0.934. The van der Waals surface area contributed by atoms with E-state index in [4.69, 9.17) is 16.3 Å². The van der Waals surface area contributed by atoms with Gasteiger partial charge in [-0.25, -0.2) is 0 Å². The van der Waals surface area contributed by atoms with Crippen LogP contribution in [0.2, 0.25) is 0 Å². The molecule has 0 atom stereocenters. The first-order valence-corrected chi connectivity index (χ1v) is 7.71. The second-order valence-electron chi connectivity index (χ2n) is 5.52. The molecular weight excluding hydrogens is 312 g/mol. The Morgan fingerprint density at radius 2 is 1.43 bits per heavy atom. The summed E-state index contributed by atoms with van der Waals surface area (Å²) in [5.74, 6) is 0.789. The number of ether oxygens (including phenoxy) is 1. The lowest BCUT2D eigenvalue weighted by Gasteiger charge is -2.21. The van der Waals surface area contributed by atoms with E-state index in [1.54, 1.807) is 12.0 Å². The summed E-state index contributed by atoms with van der Waals surface area (Å²) in [6.07, 6.45) is 0. The first kappa shape index (κ1) is 17.2. The highest BCUT2D eigenvalue weighted by Gasteiger charge is 2.12. The van der Waals surface area contributed by atoms with E-state index >= 15 is 0 Å². The number of nitrogens with zero attached hydrogens (tertiary/aromatic N) is 2. The quantitative estimate of drug-likeness (QED) is 0.589. The van der Waals surface area contributed by atoms with Crippen molar-refractivity contribution >= 4 is 22.7 Å². The molecule has 0 aromatic heterocycles. The van der Waals surface area contributed by atoms with E-state index in [1.807, 2.05) is 67.5 Å². The Labute approximate surface area is 142 Å². The van der Waals surface area contributed by atoms with Crippen molar-refractivity contribution in [1.29, 1.82) is 0 Å². The molecule has 0 heterocycles. The van der Waals surface area contributed by atoms with E-state index in [0.29, 0.717) is 13.1 Å². The zero-order chi connectivity index (χ0) is 16.8. The Bertz CT molecular complexity index is 639. The molecule has 4 nitrogen and oxygen atoms in total. The fourth-order valence-corrected chi connectivity index (χ4v) is 2.37. The lowest BCUT2D eigenvalue weighted by Crippen LogP contribution is -2.25. The normalized spacial score (nSPS) is 10.3. The minimum atomic E-state index is -0.461. The standard InChI is InChI=1S/C18H21ClN2O2/c1-20(2)16-8-4-14(5-9-16)12-21(18(19)22)13-15-6-10-17(23-3)11-7-15/h4-11H,12-13H2,1-3H3. The molecule has 0 bridgehead atoms. The molecule has 2 aromatic rings. The first-order chi connectivity index (χ1) is 11.0. The average Bonchev–Trinajstić information content (AvgIpc) is 2.55. The van der Waals surface area contributed by atoms with Crippen molar-refractivity contribution in [2.45, 2.75) is 13.1 Å². The summed E-state index contributed by atoms with van der Waals surface area (Å²) < 4.78 is 5.14. The monoisotopic (exact) mass is 332 g/mol. The Morgan fingerprint density at radius 3 is 1.83 bits per heavy atom. The number of hydrogen-bond donors (Lipinski definition) is 0. The second kappa shape index (κ2) is 7.88. The minimum absolute atomic E-state index is 0.460. The predicted molar refractivity (Wildman–Crippen MR) is 94.3 cm³/mol. The fourth-order valence-electron chi connectivity index (χ4n) is 2.25. The van der Waals surface area contributed by atoms with Crippen LogP contribution in [0.5, 0.6) is 5.75 Å². The van der Waals surface area contributed by atoms with Crippen LogP contribution >= 0.6 is 11.6 Å². The van der Waals surface area contributed by atoms with Gasteiger partial charge in [0.2, 0.25) is 0 Å². The van der Waals surface area contributed by atoms with Crippen LogP contribution in [0, 0.1) is 0 Å². The van der Waals surface area contributed by atoms with Gasteiger partial charge in [-0.15, -0.1) is 0 Å². The summed E-state index contributed by atoms with van der Waals surface area (Å²) >= 11 is 5.74. The van der Waals surface area contributed by atoms with Gasteiger partial charge in [0, 0.05) is 32.9 Å². The van der Waals surface area contributed by atoms with E-state index in [1.165, 1.54) is 0 Å². The highest BCUT2D eigenvalue weighted by atomic mass is 35.5. The maximum absolute atomic E-state index is 11.7. The van der Waals surface area contributed by atoms with Gasteiger partial charge in [0.25, 0.3) is 0 Å². The zero-order valence-corrected chi connectivity index (χ0v) is 14.4. The largest absolute Gasteiger partial charge is 0.497 e. The number of halogens is 1. The van der Waals surface area contributed by atoms with Gasteiger partial charge < -0.3 is 14.5 Å². The lowest BCUT2D eigenvalue weighted by molar-refractivity contribution is 0.216. The highest BCUT2D eigenvalue weighted by molar-refractivity contribution is 6.62. The van der Waals surface area contributed by atoms with Crippen LogP contribution in [0.1, 0.15) is 11.1 Å². The fraction of sp³-hybridized carbons (Fsp3) is 0.278. The van der Waals surface area contributed by atoms with Crippen molar-refractivity contribution in [3.05, 3.63) is 59.7 Å². The molecule has 0 aliphatic rings. The molecule has 0 saturated heterocycles. The third kappa shape index (κ3) is 4.89. The molecule has 1 amide bonds. The van der Waals surface area contributed by atoms with Gasteiger partial charge in [-0.1, -0.05) is 24.3 Å². The van der Waals surface area contributed by atoms with Crippen molar-refractivity contribution in [3.8, 4) is 5.75 Å². The molecule has 122 valence electrons. The summed E-state index contributed by atoms with van der Waals surface area (Å²) in [7, 11) is 5.61. The van der Waals surface area contributed by atoms with Crippen LogP contribution in [0.3, 0.4) is 0 Å². The number of carbonyl (C=O) groups is 1. The van der Waals surface area contributed by atoms with Crippen LogP contribution in [0.4, 0.5) is 10.5 Å². The molecule has 0 aliphatic heterocycles. The third-order valence-electron chi connectivity index (χ3n) is 3.61. The number of hydrogen-bond acceptors (Lipinski definition) is 3. The van der Waals surface area contributed by atoms with Gasteiger partial charge in [0.1, 0.15) is 5.75 Å². The molecule has 0 fully saturated rings. The molecule has 0 radical (unpaired) electrons. The molecule has 5 heteroatoms. The van der Waals surface area contributed by atoms with Gasteiger partial charge >= 0.3 is 5.37 Å². The zero-order valence-electron chi connectivity index (χ0n) is 13.6. The van der Waals surface area contributed by atoms with Crippen LogP contribution in [0.25, 0.3) is 0 Å². The van der Waals surface area contributed by atoms with Crippen LogP contribution < -0.4 is 9.64 Å². The molecular formula is C18H21ClN2O2. The van der Waals surface area contributed by atoms with Crippen LogP contribution in [-0.2, 0) is 13.1 Å². The van der Waals surface area contributed by atoms with Gasteiger partial charge in [0.15, 0.2) is 0 Å². The molecule has 2 rings (SSSR count). The van der Waals surface area contributed by atoms with Gasteiger partial charge in [-0.2, -0.15) is 0 Å². The Balaban J connectivity index is 2.07. The number of amides is 1. The van der Waals surface area contributed by atoms with Crippen LogP contribution in [0.15, 0.2) is 48.5 Å². The summed E-state index contributed by atoms with van der Waals surface area (Å²) in [5, 5.41) is -0.461. The van der Waals surface area contributed by atoms with Crippen molar-refractivity contribution in [3.63, 3.8) is 0 Å². The Kier molecular flexibility index (Phi) is 5.88. The maximum Gasteiger partial charge on any atom is 0.316 e. The molecule has 23 heavy (non-hydrogen) atoms. The van der Waals surface area contributed by atoms with Crippen molar-refractivity contribution in [2.24, 2.45) is 0 Å². The molecule has 0 spiro atoms. The van der Waals surface area contributed by atoms with E-state index in [2.05, 4.69) is 0 Å². The van der Waals surface area contributed by atoms with E-state index in [9.17, 15) is 4.79 Å². The number of benzene rings is 2. The first-order valence-electron chi connectivity index (χ1n) is 7.33. The lowest BCUT2D eigenvalue weighted by atomic mass is 10.1. The molecule has 0 N–H and O–H groups in total. The number of methoxy groups -OCH3 is 1. The third-order valence-corrected chi connectivity index (χ3v) is 3.85. The van der Waals surface area contributed by atoms with Crippen molar-refractivity contribution in [2.75, 3.05) is 26.1 Å². The minimum Gasteiger partial charge on any atom is -0.497 e. The summed E-state index contributed by atoms with van der Waals surface area (Å²) in [6, 6.07) is 15.7. The van der Waals surface area contributed by atoms with E-state index in [-0.39, 0.29) is 0 Å². The number of carbonyl (C=O) groups excluding carboxylic acids is 1. The topological polar surface area (TPSA) is 32.8 Å². The smallest absolute Gasteiger partial charge is 0.316 e. The molecule has 0 saturated carbocycles. The van der Waals surface area contributed by atoms with Crippen molar-refractivity contribution in [1.82, 2.24) is 4.90 Å². The Hall–Kier alpha value is -2.20. The van der Waals surface area contributed by atoms with E-state index < -0.39 is 5.37 Å². The number of anilines is 1. The van der Waals surface area contributed by atoms with Crippen LogP contribution in [-0.4, -0.2) is 31.5 Å². The van der Waals surface area contributed by atoms with Gasteiger partial charge in [0.05, 0.1) is 7.11 Å². The van der Waals surface area contributed by atoms with Gasteiger partial charge in [-0.05, 0) is 47.0 Å². The highest BCUT2D eigenvalue weighted by Crippen LogP contribution is 2.18. The predicted octanol–water partition coefficient (Wildman–Crippen LogP) is 4.12. The maximum atomic E-state index is 11.7. The van der Waals surface area contributed by atoms with Crippen molar-refractivity contribution < 1.29 is 9.53 Å². The number of rotatable bonds is 6. The van der Waals surface area contributed by atoms with E-state index in [0.717, 1.165) is 22.6 Å². The molecule has 0 aliphatic carbocycles. The Morgan fingerprint density at radius 1 is 0.957 bits per heavy atom. The molecule has 0 unspecified atom stereocenters. The SMILES string of the molecule is COc1ccc(CN(Cc2ccc(N(C)C)cc2)C(=O)Cl)cc1. The second-order valence-corrected chi connectivity index (χ2v) is 5.84. The summed E-state index contributed by atoms with van der Waals surface area (Å²) in [5.41, 5.74) is 3.16. The average molecular weight is 333 g/mol. The summed E-state index contributed by atoms with van der Waals surface area (Å²) in [4.78, 5) is 15.3. The molecule has 2 aromatic carbocycles. The van der Waals surface area contributed by atoms with Gasteiger partial charge in [-0.3, -0.25) is 4.79 Å².